The van der Waals surface area contributed by atoms with E-state index in [-0.39, 0.29) is 10.6 Å². The molecule has 0 heterocycles. The summed E-state index contributed by atoms with van der Waals surface area (Å²) in [5, 5.41) is 2.73. The smallest absolute Gasteiger partial charge is 0.244 e. The molecule has 0 saturated carbocycles. The molecular formula is C19H24N2O4S. The standard InChI is InChI=1S/C19H24N2O4S/c1-12-6-9-17(25-5)18(10-12)26(23,24)21-15(4)19(22)20-16-8-7-13(2)14(3)11-16/h6-11,15,21H,1-5H3,(H,20,22)/t15-/m0/s1. The number of carbonyl (C=O) groups is 1. The highest BCUT2D eigenvalue weighted by Crippen LogP contribution is 2.24. The largest absolute Gasteiger partial charge is 0.495 e. The van der Waals surface area contributed by atoms with E-state index >= 15 is 0 Å². The molecule has 0 fully saturated rings. The predicted molar refractivity (Wildman–Crippen MR) is 102 cm³/mol. The Labute approximate surface area is 154 Å². The van der Waals surface area contributed by atoms with E-state index in [2.05, 4.69) is 10.0 Å². The Morgan fingerprint density at radius 2 is 1.73 bits per heavy atom. The van der Waals surface area contributed by atoms with Crippen molar-refractivity contribution in [2.75, 3.05) is 12.4 Å². The number of aryl methyl sites for hydroxylation is 3. The van der Waals surface area contributed by atoms with Gasteiger partial charge in [0.05, 0.1) is 13.2 Å². The van der Waals surface area contributed by atoms with Gasteiger partial charge in [-0.1, -0.05) is 12.1 Å². The summed E-state index contributed by atoms with van der Waals surface area (Å²) < 4.78 is 32.8. The molecule has 0 spiro atoms. The molecule has 26 heavy (non-hydrogen) atoms. The predicted octanol–water partition coefficient (Wildman–Crippen LogP) is 2.93. The summed E-state index contributed by atoms with van der Waals surface area (Å²) >= 11 is 0. The molecule has 7 heteroatoms. The van der Waals surface area contributed by atoms with Crippen molar-refractivity contribution in [1.29, 1.82) is 0 Å². The van der Waals surface area contributed by atoms with Gasteiger partial charge in [0.2, 0.25) is 15.9 Å². The Balaban J connectivity index is 2.17. The van der Waals surface area contributed by atoms with Gasteiger partial charge in [0.25, 0.3) is 0 Å². The molecule has 2 rings (SSSR count). The van der Waals surface area contributed by atoms with Crippen LogP contribution in [-0.4, -0.2) is 27.5 Å². The molecule has 0 radical (unpaired) electrons. The molecule has 0 bridgehead atoms. The summed E-state index contributed by atoms with van der Waals surface area (Å²) in [6, 6.07) is 9.43. The molecule has 2 aromatic rings. The number of carbonyl (C=O) groups excluding carboxylic acids is 1. The molecule has 140 valence electrons. The summed E-state index contributed by atoms with van der Waals surface area (Å²) in [5.74, 6) is -0.215. The molecule has 0 aliphatic rings. The van der Waals surface area contributed by atoms with Crippen LogP contribution in [0.3, 0.4) is 0 Å². The molecule has 0 aliphatic carbocycles. The number of amides is 1. The minimum absolute atomic E-state index is 0.00540. The maximum atomic E-state index is 12.7. The van der Waals surface area contributed by atoms with E-state index in [9.17, 15) is 13.2 Å². The van der Waals surface area contributed by atoms with E-state index in [0.717, 1.165) is 16.7 Å². The van der Waals surface area contributed by atoms with Crippen molar-refractivity contribution >= 4 is 21.6 Å². The molecule has 0 unspecified atom stereocenters. The van der Waals surface area contributed by atoms with Crippen molar-refractivity contribution in [1.82, 2.24) is 4.72 Å². The summed E-state index contributed by atoms with van der Waals surface area (Å²) in [6.45, 7) is 7.21. The zero-order valence-corrected chi connectivity index (χ0v) is 16.4. The molecular weight excluding hydrogens is 352 g/mol. The number of methoxy groups -OCH3 is 1. The van der Waals surface area contributed by atoms with Crippen LogP contribution in [0.2, 0.25) is 0 Å². The maximum absolute atomic E-state index is 12.7. The van der Waals surface area contributed by atoms with Gasteiger partial charge >= 0.3 is 0 Å². The van der Waals surface area contributed by atoms with Crippen LogP contribution in [0.25, 0.3) is 0 Å². The van der Waals surface area contributed by atoms with Crippen LogP contribution in [0.4, 0.5) is 5.69 Å². The Morgan fingerprint density at radius 1 is 1.04 bits per heavy atom. The molecule has 1 amide bonds. The van der Waals surface area contributed by atoms with Gasteiger partial charge in [0, 0.05) is 5.69 Å². The molecule has 6 nitrogen and oxygen atoms in total. The van der Waals surface area contributed by atoms with Crippen LogP contribution in [0.5, 0.6) is 5.75 Å². The monoisotopic (exact) mass is 376 g/mol. The van der Waals surface area contributed by atoms with Gasteiger partial charge in [-0.3, -0.25) is 4.79 Å². The lowest BCUT2D eigenvalue weighted by Crippen LogP contribution is -2.41. The van der Waals surface area contributed by atoms with Gasteiger partial charge in [-0.15, -0.1) is 0 Å². The summed E-state index contributed by atoms with van der Waals surface area (Å²) in [6.07, 6.45) is 0. The first kappa shape index (κ1) is 19.9. The maximum Gasteiger partial charge on any atom is 0.244 e. The number of benzene rings is 2. The van der Waals surface area contributed by atoms with E-state index in [1.807, 2.05) is 26.0 Å². The lowest BCUT2D eigenvalue weighted by atomic mass is 10.1. The van der Waals surface area contributed by atoms with E-state index in [1.165, 1.54) is 20.1 Å². The highest BCUT2D eigenvalue weighted by Gasteiger charge is 2.25. The van der Waals surface area contributed by atoms with Gasteiger partial charge in [-0.05, 0) is 68.7 Å². The van der Waals surface area contributed by atoms with Crippen LogP contribution in [-0.2, 0) is 14.8 Å². The Bertz CT molecular complexity index is 923. The van der Waals surface area contributed by atoms with Gasteiger partial charge in [0.1, 0.15) is 10.6 Å². The number of rotatable bonds is 6. The van der Waals surface area contributed by atoms with Crippen molar-refractivity contribution in [3.05, 3.63) is 53.1 Å². The van der Waals surface area contributed by atoms with Crippen molar-refractivity contribution in [3.63, 3.8) is 0 Å². The molecule has 2 aromatic carbocycles. The number of ether oxygens (including phenoxy) is 1. The zero-order chi connectivity index (χ0) is 19.5. The first-order valence-corrected chi connectivity index (χ1v) is 9.67. The second kappa shape index (κ2) is 7.88. The molecule has 0 aliphatic heterocycles. The Kier molecular flexibility index (Phi) is 6.05. The second-order valence-electron chi connectivity index (χ2n) is 6.29. The van der Waals surface area contributed by atoms with Crippen molar-refractivity contribution in [3.8, 4) is 5.75 Å². The van der Waals surface area contributed by atoms with Crippen LogP contribution in [0.15, 0.2) is 41.3 Å². The van der Waals surface area contributed by atoms with Crippen molar-refractivity contribution < 1.29 is 17.9 Å². The molecule has 0 aromatic heterocycles. The topological polar surface area (TPSA) is 84.5 Å². The van der Waals surface area contributed by atoms with Crippen LogP contribution >= 0.6 is 0 Å². The van der Waals surface area contributed by atoms with Crippen molar-refractivity contribution in [2.45, 2.75) is 38.6 Å². The minimum Gasteiger partial charge on any atom is -0.495 e. The number of nitrogens with one attached hydrogen (secondary N) is 2. The third kappa shape index (κ3) is 4.62. The molecule has 1 atom stereocenters. The quantitative estimate of drug-likeness (QED) is 0.812. The normalized spacial score (nSPS) is 12.5. The fraction of sp³-hybridized carbons (Fsp3) is 0.316. The lowest BCUT2D eigenvalue weighted by molar-refractivity contribution is -0.117. The van der Waals surface area contributed by atoms with E-state index < -0.39 is 22.0 Å². The summed E-state index contributed by atoms with van der Waals surface area (Å²) in [7, 11) is -2.51. The number of hydrogen-bond donors (Lipinski definition) is 2. The number of hydrogen-bond acceptors (Lipinski definition) is 4. The van der Waals surface area contributed by atoms with Gasteiger partial charge in [-0.2, -0.15) is 4.72 Å². The Hall–Kier alpha value is -2.38. The first-order valence-electron chi connectivity index (χ1n) is 8.19. The fourth-order valence-corrected chi connectivity index (χ4v) is 3.87. The summed E-state index contributed by atoms with van der Waals surface area (Å²) in [5.41, 5.74) is 3.56. The van der Waals surface area contributed by atoms with E-state index in [1.54, 1.807) is 25.1 Å². The lowest BCUT2D eigenvalue weighted by Gasteiger charge is -2.16. The first-order chi connectivity index (χ1) is 12.1. The number of sulfonamides is 1. The van der Waals surface area contributed by atoms with Gasteiger partial charge < -0.3 is 10.1 Å². The highest BCUT2D eigenvalue weighted by atomic mass is 32.2. The van der Waals surface area contributed by atoms with E-state index in [0.29, 0.717) is 5.69 Å². The number of anilines is 1. The average molecular weight is 376 g/mol. The van der Waals surface area contributed by atoms with Crippen LogP contribution in [0.1, 0.15) is 23.6 Å². The second-order valence-corrected chi connectivity index (χ2v) is 7.97. The highest BCUT2D eigenvalue weighted by molar-refractivity contribution is 7.89. The van der Waals surface area contributed by atoms with Gasteiger partial charge in [-0.25, -0.2) is 8.42 Å². The fourth-order valence-electron chi connectivity index (χ4n) is 2.41. The zero-order valence-electron chi connectivity index (χ0n) is 15.6. The third-order valence-electron chi connectivity index (χ3n) is 4.11. The molecule has 0 saturated heterocycles. The van der Waals surface area contributed by atoms with E-state index in [4.69, 9.17) is 4.74 Å². The summed E-state index contributed by atoms with van der Waals surface area (Å²) in [4.78, 5) is 12.4. The van der Waals surface area contributed by atoms with Crippen LogP contribution < -0.4 is 14.8 Å². The van der Waals surface area contributed by atoms with Crippen molar-refractivity contribution in [2.24, 2.45) is 0 Å². The minimum atomic E-state index is -3.91. The molecule has 2 N–H and O–H groups in total. The van der Waals surface area contributed by atoms with Crippen LogP contribution in [0, 0.1) is 20.8 Å². The van der Waals surface area contributed by atoms with Gasteiger partial charge in [0.15, 0.2) is 0 Å². The SMILES string of the molecule is COc1ccc(C)cc1S(=O)(=O)N[C@@H](C)C(=O)Nc1ccc(C)c(C)c1. The average Bonchev–Trinajstić information content (AvgIpc) is 2.57. The Morgan fingerprint density at radius 3 is 2.35 bits per heavy atom. The third-order valence-corrected chi connectivity index (χ3v) is 5.67.